The first-order valence-corrected chi connectivity index (χ1v) is 8.09. The summed E-state index contributed by atoms with van der Waals surface area (Å²) < 4.78 is 2.01. The average Bonchev–Trinajstić information content (AvgIpc) is 2.83. The first-order valence-electron chi connectivity index (χ1n) is 7.11. The molecule has 1 aliphatic rings. The molecule has 0 spiro atoms. The van der Waals surface area contributed by atoms with Crippen LogP contribution in [0.3, 0.4) is 0 Å². The molecule has 2 aromatic heterocycles. The van der Waals surface area contributed by atoms with Gasteiger partial charge in [0.2, 0.25) is 0 Å². The second-order valence-corrected chi connectivity index (χ2v) is 6.14. The molecular formula is C14H18N4O2S. The van der Waals surface area contributed by atoms with Gasteiger partial charge in [0.05, 0.1) is 5.75 Å². The number of nitrogens with zero attached hydrogens (tertiary/aromatic N) is 4. The maximum absolute atomic E-state index is 10.8. The van der Waals surface area contributed by atoms with E-state index in [1.54, 1.807) is 0 Å². The van der Waals surface area contributed by atoms with E-state index in [-0.39, 0.29) is 5.75 Å². The topological polar surface area (TPSA) is 71.2 Å². The van der Waals surface area contributed by atoms with E-state index in [1.807, 2.05) is 23.7 Å². The maximum Gasteiger partial charge on any atom is 0.313 e. The van der Waals surface area contributed by atoms with Gasteiger partial charge in [-0.05, 0) is 38.3 Å². The molecule has 3 rings (SSSR count). The third-order valence-electron chi connectivity index (χ3n) is 3.53. The first-order chi connectivity index (χ1) is 10.1. The summed E-state index contributed by atoms with van der Waals surface area (Å²) in [4.78, 5) is 20.0. The quantitative estimate of drug-likeness (QED) is 0.872. The van der Waals surface area contributed by atoms with Gasteiger partial charge in [-0.15, -0.1) is 0 Å². The van der Waals surface area contributed by atoms with Gasteiger partial charge < -0.3 is 10.1 Å². The van der Waals surface area contributed by atoms with Crippen LogP contribution in [0.1, 0.15) is 25.0 Å². The zero-order valence-electron chi connectivity index (χ0n) is 11.9. The molecule has 0 aromatic carbocycles. The Kier molecular flexibility index (Phi) is 4.01. The summed E-state index contributed by atoms with van der Waals surface area (Å²) in [5, 5.41) is 11.9. The van der Waals surface area contributed by atoms with E-state index < -0.39 is 5.97 Å². The molecule has 0 bridgehead atoms. The van der Waals surface area contributed by atoms with Gasteiger partial charge in [-0.1, -0.05) is 11.8 Å². The van der Waals surface area contributed by atoms with E-state index in [1.165, 1.54) is 18.2 Å². The summed E-state index contributed by atoms with van der Waals surface area (Å²) in [6, 6.07) is 3.88. The molecular weight excluding hydrogens is 288 g/mol. The highest BCUT2D eigenvalue weighted by Gasteiger charge is 2.20. The van der Waals surface area contributed by atoms with Crippen molar-refractivity contribution in [1.82, 2.24) is 14.6 Å². The molecule has 1 fully saturated rings. The number of carboxylic acids is 1. The highest BCUT2D eigenvalue weighted by atomic mass is 32.2. The van der Waals surface area contributed by atoms with Crippen molar-refractivity contribution in [3.05, 3.63) is 17.8 Å². The smallest absolute Gasteiger partial charge is 0.313 e. The van der Waals surface area contributed by atoms with Gasteiger partial charge >= 0.3 is 5.97 Å². The second-order valence-electron chi connectivity index (χ2n) is 5.20. The Morgan fingerprint density at radius 1 is 1.29 bits per heavy atom. The molecule has 0 unspecified atom stereocenters. The number of carbonyl (C=O) groups is 1. The molecule has 1 saturated heterocycles. The third-order valence-corrected chi connectivity index (χ3v) is 4.45. The standard InChI is InChI=1S/C14H18N4O2S/c1-10-5-6-11-13(15-10)18(17-7-3-2-4-8-17)14(16-11)21-9-12(19)20/h5-6H,2-4,7-9H2,1H3,(H,19,20). The van der Waals surface area contributed by atoms with Crippen LogP contribution in [-0.2, 0) is 4.79 Å². The van der Waals surface area contributed by atoms with E-state index in [2.05, 4.69) is 15.0 Å². The number of hydrogen-bond donors (Lipinski definition) is 1. The molecule has 6 nitrogen and oxygen atoms in total. The van der Waals surface area contributed by atoms with Crippen molar-refractivity contribution in [2.45, 2.75) is 31.3 Å². The predicted octanol–water partition coefficient (Wildman–Crippen LogP) is 2.04. The van der Waals surface area contributed by atoms with E-state index in [0.29, 0.717) is 5.16 Å². The lowest BCUT2D eigenvalue weighted by Crippen LogP contribution is -2.39. The van der Waals surface area contributed by atoms with Crippen molar-refractivity contribution < 1.29 is 9.90 Å². The molecule has 0 atom stereocenters. The molecule has 0 saturated carbocycles. The van der Waals surface area contributed by atoms with Gasteiger partial charge in [0.15, 0.2) is 10.8 Å². The Balaban J connectivity index is 2.04. The molecule has 1 N–H and O–H groups in total. The van der Waals surface area contributed by atoms with Crippen molar-refractivity contribution in [2.24, 2.45) is 0 Å². The summed E-state index contributed by atoms with van der Waals surface area (Å²) in [6.07, 6.45) is 3.54. The number of fused-ring (bicyclic) bond motifs is 1. The number of pyridine rings is 1. The van der Waals surface area contributed by atoms with Crippen LogP contribution >= 0.6 is 11.8 Å². The molecule has 2 aromatic rings. The van der Waals surface area contributed by atoms with Crippen LogP contribution in [-0.4, -0.2) is 44.6 Å². The molecule has 21 heavy (non-hydrogen) atoms. The molecule has 0 radical (unpaired) electrons. The van der Waals surface area contributed by atoms with E-state index in [0.717, 1.165) is 42.8 Å². The summed E-state index contributed by atoms with van der Waals surface area (Å²) in [5.74, 6) is -0.822. The van der Waals surface area contributed by atoms with Crippen molar-refractivity contribution >= 4 is 28.9 Å². The molecule has 7 heteroatoms. The number of hydrogen-bond acceptors (Lipinski definition) is 5. The Morgan fingerprint density at radius 2 is 2.05 bits per heavy atom. The Morgan fingerprint density at radius 3 is 2.76 bits per heavy atom. The fourth-order valence-electron chi connectivity index (χ4n) is 2.57. The van der Waals surface area contributed by atoms with Crippen LogP contribution in [0.4, 0.5) is 0 Å². The van der Waals surface area contributed by atoms with Crippen LogP contribution in [0, 0.1) is 6.92 Å². The lowest BCUT2D eigenvalue weighted by Gasteiger charge is -2.30. The van der Waals surface area contributed by atoms with Gasteiger partial charge in [0.1, 0.15) is 5.52 Å². The van der Waals surface area contributed by atoms with E-state index in [9.17, 15) is 4.79 Å². The lowest BCUT2D eigenvalue weighted by atomic mass is 10.2. The minimum absolute atomic E-state index is 0.0101. The summed E-state index contributed by atoms with van der Waals surface area (Å²) in [6.45, 7) is 3.88. The highest BCUT2D eigenvalue weighted by Crippen LogP contribution is 2.25. The predicted molar refractivity (Wildman–Crippen MR) is 82.4 cm³/mol. The Bertz CT molecular complexity index is 664. The largest absolute Gasteiger partial charge is 0.481 e. The number of aromatic nitrogens is 3. The normalized spacial score (nSPS) is 15.6. The first kappa shape index (κ1) is 14.2. The van der Waals surface area contributed by atoms with Crippen molar-refractivity contribution in [3.8, 4) is 0 Å². The van der Waals surface area contributed by atoms with E-state index >= 15 is 0 Å². The fraction of sp³-hybridized carbons (Fsp3) is 0.500. The zero-order valence-corrected chi connectivity index (χ0v) is 12.8. The van der Waals surface area contributed by atoms with Crippen LogP contribution < -0.4 is 5.01 Å². The monoisotopic (exact) mass is 306 g/mol. The molecule has 0 aliphatic carbocycles. The third kappa shape index (κ3) is 2.97. The number of carboxylic acid groups (broad SMARTS) is 1. The van der Waals surface area contributed by atoms with Crippen LogP contribution in [0.5, 0.6) is 0 Å². The molecule has 0 amide bonds. The number of piperidine rings is 1. The lowest BCUT2D eigenvalue weighted by molar-refractivity contribution is -0.133. The van der Waals surface area contributed by atoms with Crippen molar-refractivity contribution in [3.63, 3.8) is 0 Å². The summed E-state index contributed by atoms with van der Waals surface area (Å²) >= 11 is 1.25. The number of rotatable bonds is 4. The molecule has 112 valence electrons. The summed E-state index contributed by atoms with van der Waals surface area (Å²) in [5.41, 5.74) is 2.58. The van der Waals surface area contributed by atoms with Gasteiger partial charge in [-0.3, -0.25) is 4.79 Å². The van der Waals surface area contributed by atoms with Gasteiger partial charge in [0, 0.05) is 18.8 Å². The number of aliphatic carboxylic acids is 1. The Labute approximate surface area is 127 Å². The van der Waals surface area contributed by atoms with Gasteiger partial charge in [-0.2, -0.15) is 0 Å². The van der Waals surface area contributed by atoms with Crippen LogP contribution in [0.15, 0.2) is 17.3 Å². The fourth-order valence-corrected chi connectivity index (χ4v) is 3.31. The van der Waals surface area contributed by atoms with Crippen molar-refractivity contribution in [1.29, 1.82) is 0 Å². The zero-order chi connectivity index (χ0) is 14.8. The van der Waals surface area contributed by atoms with Gasteiger partial charge in [-0.25, -0.2) is 14.6 Å². The van der Waals surface area contributed by atoms with Gasteiger partial charge in [0.25, 0.3) is 0 Å². The van der Waals surface area contributed by atoms with Crippen LogP contribution in [0.25, 0.3) is 11.2 Å². The van der Waals surface area contributed by atoms with Crippen LogP contribution in [0.2, 0.25) is 0 Å². The number of imidazole rings is 1. The Hall–Kier alpha value is -1.76. The van der Waals surface area contributed by atoms with E-state index in [4.69, 9.17) is 5.11 Å². The maximum atomic E-state index is 10.8. The average molecular weight is 306 g/mol. The SMILES string of the molecule is Cc1ccc2nc(SCC(=O)O)n(N3CCCCC3)c2n1. The van der Waals surface area contributed by atoms with Crippen molar-refractivity contribution in [2.75, 3.05) is 23.9 Å². The number of aryl methyl sites for hydroxylation is 1. The number of thioether (sulfide) groups is 1. The molecule has 3 heterocycles. The highest BCUT2D eigenvalue weighted by molar-refractivity contribution is 7.99. The second kappa shape index (κ2) is 5.93. The minimum Gasteiger partial charge on any atom is -0.481 e. The minimum atomic E-state index is -0.832. The molecule has 1 aliphatic heterocycles. The summed E-state index contributed by atoms with van der Waals surface area (Å²) in [7, 11) is 0.